The molecule has 3 heteroatoms. The van der Waals surface area contributed by atoms with Gasteiger partial charge in [0.25, 0.3) is 0 Å². The van der Waals surface area contributed by atoms with Crippen LogP contribution in [0.15, 0.2) is 18.2 Å². The third-order valence-corrected chi connectivity index (χ3v) is 5.62. The Morgan fingerprint density at radius 2 is 1.65 bits per heavy atom. The van der Waals surface area contributed by atoms with Crippen LogP contribution in [0, 0.1) is 23.7 Å². The first-order valence-corrected chi connectivity index (χ1v) is 7.83. The predicted octanol–water partition coefficient (Wildman–Crippen LogP) is 3.48. The van der Waals surface area contributed by atoms with Gasteiger partial charge in [-0.3, -0.25) is 0 Å². The van der Waals surface area contributed by atoms with Crippen molar-refractivity contribution in [1.29, 1.82) is 0 Å². The molecule has 3 nitrogen and oxygen atoms in total. The van der Waals surface area contributed by atoms with E-state index in [9.17, 15) is 0 Å². The van der Waals surface area contributed by atoms with Crippen LogP contribution in [0.1, 0.15) is 32.1 Å². The summed E-state index contributed by atoms with van der Waals surface area (Å²) in [5.41, 5.74) is 6.54. The number of rotatable bonds is 3. The first-order chi connectivity index (χ1) is 9.72. The highest BCUT2D eigenvalue weighted by molar-refractivity contribution is 5.55. The lowest BCUT2D eigenvalue weighted by Gasteiger charge is -2.53. The molecule has 108 valence electrons. The minimum atomic E-state index is 0.413. The van der Waals surface area contributed by atoms with E-state index in [1.165, 1.54) is 32.1 Å². The number of hydrogen-bond acceptors (Lipinski definition) is 3. The lowest BCUT2D eigenvalue weighted by molar-refractivity contribution is -0.0790. The highest BCUT2D eigenvalue weighted by atomic mass is 16.5. The molecule has 20 heavy (non-hydrogen) atoms. The molecule has 0 spiro atoms. The Morgan fingerprint density at radius 1 is 1.00 bits per heavy atom. The molecule has 0 amide bonds. The van der Waals surface area contributed by atoms with E-state index >= 15 is 0 Å². The van der Waals surface area contributed by atoms with Gasteiger partial charge in [-0.1, -0.05) is 0 Å². The van der Waals surface area contributed by atoms with Gasteiger partial charge in [-0.05, 0) is 67.9 Å². The van der Waals surface area contributed by atoms with E-state index in [0.717, 1.165) is 29.4 Å². The SMILES string of the molecule is COc1cc(OC2C3CC4CC(C3)CC2C4)ccc1N. The van der Waals surface area contributed by atoms with E-state index in [2.05, 4.69) is 0 Å². The smallest absolute Gasteiger partial charge is 0.145 e. The zero-order valence-electron chi connectivity index (χ0n) is 12.0. The number of benzene rings is 1. The summed E-state index contributed by atoms with van der Waals surface area (Å²) in [7, 11) is 1.65. The molecule has 4 aliphatic rings. The van der Waals surface area contributed by atoms with Crippen molar-refractivity contribution < 1.29 is 9.47 Å². The van der Waals surface area contributed by atoms with Gasteiger partial charge >= 0.3 is 0 Å². The lowest BCUT2D eigenvalue weighted by Crippen LogP contribution is -2.50. The van der Waals surface area contributed by atoms with Gasteiger partial charge in [0.15, 0.2) is 0 Å². The van der Waals surface area contributed by atoms with Crippen LogP contribution in [-0.2, 0) is 0 Å². The molecular weight excluding hydrogens is 250 g/mol. The third-order valence-electron chi connectivity index (χ3n) is 5.62. The molecule has 0 atom stereocenters. The normalized spacial score (nSPS) is 38.0. The molecule has 4 fully saturated rings. The van der Waals surface area contributed by atoms with Crippen molar-refractivity contribution in [1.82, 2.24) is 0 Å². The van der Waals surface area contributed by atoms with Crippen LogP contribution in [-0.4, -0.2) is 13.2 Å². The van der Waals surface area contributed by atoms with Crippen LogP contribution in [0.25, 0.3) is 0 Å². The van der Waals surface area contributed by atoms with Gasteiger partial charge in [0, 0.05) is 6.07 Å². The van der Waals surface area contributed by atoms with Gasteiger partial charge in [-0.15, -0.1) is 0 Å². The molecular formula is C17H23NO2. The number of hydrogen-bond donors (Lipinski definition) is 1. The Hall–Kier alpha value is -1.38. The van der Waals surface area contributed by atoms with Crippen LogP contribution in [0.3, 0.4) is 0 Å². The third kappa shape index (κ3) is 1.95. The molecule has 4 saturated carbocycles. The second kappa shape index (κ2) is 4.57. The van der Waals surface area contributed by atoms with Crippen LogP contribution in [0.2, 0.25) is 0 Å². The van der Waals surface area contributed by atoms with Crippen molar-refractivity contribution >= 4 is 5.69 Å². The fourth-order valence-corrected chi connectivity index (χ4v) is 4.99. The van der Waals surface area contributed by atoms with Gasteiger partial charge < -0.3 is 15.2 Å². The van der Waals surface area contributed by atoms with E-state index in [0.29, 0.717) is 17.5 Å². The Kier molecular flexibility index (Phi) is 2.83. The van der Waals surface area contributed by atoms with Crippen molar-refractivity contribution in [3.63, 3.8) is 0 Å². The monoisotopic (exact) mass is 273 g/mol. The summed E-state index contributed by atoms with van der Waals surface area (Å²) in [5, 5.41) is 0. The van der Waals surface area contributed by atoms with Gasteiger partial charge in [0.1, 0.15) is 17.6 Å². The highest BCUT2D eigenvalue weighted by Gasteiger charge is 2.49. The Morgan fingerprint density at radius 3 is 2.25 bits per heavy atom. The molecule has 0 heterocycles. The molecule has 0 saturated heterocycles. The molecule has 4 bridgehead atoms. The molecule has 0 unspecified atom stereocenters. The summed E-state index contributed by atoms with van der Waals surface area (Å²) >= 11 is 0. The first-order valence-electron chi connectivity index (χ1n) is 7.83. The molecule has 0 aliphatic heterocycles. The zero-order valence-corrected chi connectivity index (χ0v) is 12.0. The predicted molar refractivity (Wildman–Crippen MR) is 78.9 cm³/mol. The number of anilines is 1. The van der Waals surface area contributed by atoms with Crippen molar-refractivity contribution in [3.05, 3.63) is 18.2 Å². The maximum atomic E-state index is 6.35. The second-order valence-electron chi connectivity index (χ2n) is 6.92. The maximum absolute atomic E-state index is 6.35. The van der Waals surface area contributed by atoms with Crippen LogP contribution < -0.4 is 15.2 Å². The Labute approximate surface area is 120 Å². The number of nitrogen functional groups attached to an aromatic ring is 1. The minimum absolute atomic E-state index is 0.413. The Balaban J connectivity index is 1.54. The van der Waals surface area contributed by atoms with E-state index in [-0.39, 0.29) is 0 Å². The second-order valence-corrected chi connectivity index (χ2v) is 6.92. The first kappa shape index (κ1) is 12.4. The summed E-state index contributed by atoms with van der Waals surface area (Å²) in [4.78, 5) is 0. The standard InChI is InChI=1S/C17H23NO2/c1-19-16-9-14(2-3-15(16)18)20-17-12-5-10-4-11(7-12)8-13(17)6-10/h2-3,9-13,17H,4-8,18H2,1H3. The fraction of sp³-hybridized carbons (Fsp3) is 0.647. The number of methoxy groups -OCH3 is 1. The van der Waals surface area contributed by atoms with Crippen molar-refractivity contribution in [2.45, 2.75) is 38.2 Å². The fourth-order valence-electron chi connectivity index (χ4n) is 4.99. The van der Waals surface area contributed by atoms with Crippen LogP contribution in [0.4, 0.5) is 5.69 Å². The molecule has 1 aromatic carbocycles. The summed E-state index contributed by atoms with van der Waals surface area (Å²) < 4.78 is 11.6. The maximum Gasteiger partial charge on any atom is 0.145 e. The van der Waals surface area contributed by atoms with Gasteiger partial charge in [-0.2, -0.15) is 0 Å². The average molecular weight is 273 g/mol. The lowest BCUT2D eigenvalue weighted by atomic mass is 9.55. The largest absolute Gasteiger partial charge is 0.494 e. The van der Waals surface area contributed by atoms with Gasteiger partial charge in [-0.25, -0.2) is 0 Å². The number of nitrogens with two attached hydrogens (primary N) is 1. The molecule has 2 N–H and O–H groups in total. The van der Waals surface area contributed by atoms with E-state index in [4.69, 9.17) is 15.2 Å². The minimum Gasteiger partial charge on any atom is -0.494 e. The molecule has 0 radical (unpaired) electrons. The van der Waals surface area contributed by atoms with Crippen LogP contribution >= 0.6 is 0 Å². The van der Waals surface area contributed by atoms with Gasteiger partial charge in [0.05, 0.1) is 12.8 Å². The molecule has 1 aromatic rings. The summed E-state index contributed by atoms with van der Waals surface area (Å²) in [6.07, 6.45) is 7.41. The quantitative estimate of drug-likeness (QED) is 0.857. The highest BCUT2D eigenvalue weighted by Crippen LogP contribution is 2.54. The topological polar surface area (TPSA) is 44.5 Å². The summed E-state index contributed by atoms with van der Waals surface area (Å²) in [6.45, 7) is 0. The van der Waals surface area contributed by atoms with Crippen molar-refractivity contribution in [3.8, 4) is 11.5 Å². The number of ether oxygens (including phenoxy) is 2. The molecule has 0 aromatic heterocycles. The summed E-state index contributed by atoms with van der Waals surface area (Å²) in [5.74, 6) is 5.14. The average Bonchev–Trinajstić information content (AvgIpc) is 2.44. The van der Waals surface area contributed by atoms with E-state index in [1.54, 1.807) is 7.11 Å². The van der Waals surface area contributed by atoms with E-state index in [1.807, 2.05) is 18.2 Å². The molecule has 4 aliphatic carbocycles. The Bertz CT molecular complexity index is 486. The van der Waals surface area contributed by atoms with Gasteiger partial charge in [0.2, 0.25) is 0 Å². The van der Waals surface area contributed by atoms with E-state index < -0.39 is 0 Å². The van der Waals surface area contributed by atoms with Crippen LogP contribution in [0.5, 0.6) is 11.5 Å². The molecule has 5 rings (SSSR count). The zero-order chi connectivity index (χ0) is 13.7. The van der Waals surface area contributed by atoms with Crippen molar-refractivity contribution in [2.24, 2.45) is 23.7 Å². The van der Waals surface area contributed by atoms with Crippen molar-refractivity contribution in [2.75, 3.05) is 12.8 Å². The summed E-state index contributed by atoms with van der Waals surface area (Å²) in [6, 6.07) is 5.79.